The second-order valence-corrected chi connectivity index (χ2v) is 5.77. The van der Waals surface area contributed by atoms with Crippen LogP contribution in [0.5, 0.6) is 0 Å². The summed E-state index contributed by atoms with van der Waals surface area (Å²) < 4.78 is 4.96. The van der Waals surface area contributed by atoms with E-state index in [2.05, 4.69) is 0 Å². The van der Waals surface area contributed by atoms with E-state index in [1.807, 2.05) is 0 Å². The minimum atomic E-state index is -0.936. The number of amides is 1. The van der Waals surface area contributed by atoms with Gasteiger partial charge in [-0.3, -0.25) is 9.59 Å². The molecule has 2 N–H and O–H groups in total. The lowest BCUT2D eigenvalue weighted by atomic mass is 9.77. The predicted molar refractivity (Wildman–Crippen MR) is 77.9 cm³/mol. The maximum absolute atomic E-state index is 12.4. The second-order valence-electron chi connectivity index (χ2n) is 5.77. The minimum absolute atomic E-state index is 0.0199. The van der Waals surface area contributed by atoms with Crippen molar-refractivity contribution in [3.8, 4) is 0 Å². The molecule has 0 spiro atoms. The summed E-state index contributed by atoms with van der Waals surface area (Å²) in [5.41, 5.74) is -0.936. The fourth-order valence-corrected chi connectivity index (χ4v) is 2.96. The molecule has 1 aliphatic rings. The van der Waals surface area contributed by atoms with Gasteiger partial charge in [-0.2, -0.15) is 0 Å². The van der Waals surface area contributed by atoms with Gasteiger partial charge in [0.05, 0.1) is 18.6 Å². The van der Waals surface area contributed by atoms with E-state index in [-0.39, 0.29) is 25.5 Å². The number of hydrogen-bond donors (Lipinski definition) is 2. The Labute approximate surface area is 126 Å². The van der Waals surface area contributed by atoms with Crippen molar-refractivity contribution < 1.29 is 24.5 Å². The number of carboxylic acids is 1. The first kappa shape index (κ1) is 17.9. The molecule has 0 unspecified atom stereocenters. The van der Waals surface area contributed by atoms with E-state index in [0.717, 1.165) is 25.7 Å². The van der Waals surface area contributed by atoms with E-state index >= 15 is 0 Å². The Balaban J connectivity index is 2.75. The molecule has 21 heavy (non-hydrogen) atoms. The first-order valence-electron chi connectivity index (χ1n) is 7.67. The Kier molecular flexibility index (Phi) is 7.67. The first-order valence-corrected chi connectivity index (χ1v) is 7.67. The topological polar surface area (TPSA) is 87.1 Å². The van der Waals surface area contributed by atoms with E-state index in [1.165, 1.54) is 4.90 Å². The van der Waals surface area contributed by atoms with Crippen LogP contribution in [0.25, 0.3) is 0 Å². The summed E-state index contributed by atoms with van der Waals surface area (Å²) in [6.07, 6.45) is 4.93. The normalized spacial score (nSPS) is 18.0. The monoisotopic (exact) mass is 301 g/mol. The highest BCUT2D eigenvalue weighted by Gasteiger charge is 2.41. The fraction of sp³-hybridized carbons (Fsp3) is 0.867. The van der Waals surface area contributed by atoms with Gasteiger partial charge in [-0.15, -0.1) is 0 Å². The Hall–Kier alpha value is -1.14. The summed E-state index contributed by atoms with van der Waals surface area (Å²) >= 11 is 0. The highest BCUT2D eigenvalue weighted by Crippen LogP contribution is 2.38. The molecule has 6 heteroatoms. The van der Waals surface area contributed by atoms with Crippen LogP contribution in [-0.4, -0.2) is 60.4 Å². The zero-order valence-electron chi connectivity index (χ0n) is 12.8. The van der Waals surface area contributed by atoms with E-state index in [0.29, 0.717) is 26.0 Å². The third kappa shape index (κ3) is 5.28. The molecule has 0 aromatic heterocycles. The largest absolute Gasteiger partial charge is 0.481 e. The van der Waals surface area contributed by atoms with Crippen LogP contribution in [0.3, 0.4) is 0 Å². The van der Waals surface area contributed by atoms with Gasteiger partial charge < -0.3 is 19.8 Å². The van der Waals surface area contributed by atoms with Crippen LogP contribution in [0, 0.1) is 5.41 Å². The Morgan fingerprint density at radius 3 is 2.24 bits per heavy atom. The number of carbonyl (C=O) groups excluding carboxylic acids is 1. The number of hydrogen-bond acceptors (Lipinski definition) is 4. The molecule has 0 heterocycles. The van der Waals surface area contributed by atoms with Gasteiger partial charge in [-0.1, -0.05) is 25.7 Å². The number of nitrogens with zero attached hydrogens (tertiary/aromatic N) is 1. The van der Waals surface area contributed by atoms with Gasteiger partial charge in [-0.05, 0) is 12.8 Å². The molecule has 1 aliphatic carbocycles. The van der Waals surface area contributed by atoms with E-state index in [4.69, 9.17) is 9.84 Å². The van der Waals surface area contributed by atoms with E-state index < -0.39 is 11.4 Å². The third-order valence-electron chi connectivity index (χ3n) is 4.29. The zero-order valence-corrected chi connectivity index (χ0v) is 12.8. The number of ether oxygens (including phenoxy) is 1. The van der Waals surface area contributed by atoms with E-state index in [1.54, 1.807) is 7.11 Å². The van der Waals surface area contributed by atoms with Crippen LogP contribution in [0.15, 0.2) is 0 Å². The molecule has 0 aromatic carbocycles. The fourth-order valence-electron chi connectivity index (χ4n) is 2.96. The van der Waals surface area contributed by atoms with Crippen molar-refractivity contribution in [1.29, 1.82) is 0 Å². The molecular weight excluding hydrogens is 274 g/mol. The summed E-state index contributed by atoms with van der Waals surface area (Å²) in [7, 11) is 1.55. The van der Waals surface area contributed by atoms with Crippen LogP contribution in [0.2, 0.25) is 0 Å². The average molecular weight is 301 g/mol. The number of aliphatic hydroxyl groups is 1. The summed E-state index contributed by atoms with van der Waals surface area (Å²) in [5.74, 6) is -1.07. The van der Waals surface area contributed by atoms with Crippen LogP contribution in [0.4, 0.5) is 0 Å². The molecule has 0 radical (unpaired) electrons. The lowest BCUT2D eigenvalue weighted by molar-refractivity contribution is -0.155. The molecule has 0 aliphatic heterocycles. The minimum Gasteiger partial charge on any atom is -0.481 e. The zero-order chi connectivity index (χ0) is 15.7. The molecule has 0 atom stereocenters. The van der Waals surface area contributed by atoms with E-state index in [9.17, 15) is 14.7 Å². The Morgan fingerprint density at radius 1 is 1.14 bits per heavy atom. The molecular formula is C15H27NO5. The summed E-state index contributed by atoms with van der Waals surface area (Å²) in [5, 5.41) is 18.7. The maximum Gasteiger partial charge on any atom is 0.310 e. The standard InChI is InChI=1S/C15H27NO5/c1-21-11-9-16(8-10-17)13(18)12-15(14(19)20)6-4-2-3-5-7-15/h17H,2-12H2,1H3,(H,19,20). The number of rotatable bonds is 8. The lowest BCUT2D eigenvalue weighted by Gasteiger charge is -2.30. The average Bonchev–Trinajstić information content (AvgIpc) is 2.70. The molecule has 0 bridgehead atoms. The molecule has 0 saturated heterocycles. The van der Waals surface area contributed by atoms with Gasteiger partial charge >= 0.3 is 5.97 Å². The van der Waals surface area contributed by atoms with Gasteiger partial charge in [0.2, 0.25) is 5.91 Å². The number of aliphatic carboxylic acids is 1. The number of methoxy groups -OCH3 is 1. The molecule has 1 rings (SSSR count). The van der Waals surface area contributed by atoms with Crippen molar-refractivity contribution in [1.82, 2.24) is 4.90 Å². The molecule has 1 amide bonds. The third-order valence-corrected chi connectivity index (χ3v) is 4.29. The Bertz CT molecular complexity index is 337. The van der Waals surface area contributed by atoms with Gasteiger partial charge in [0.1, 0.15) is 0 Å². The summed E-state index contributed by atoms with van der Waals surface area (Å²) in [4.78, 5) is 25.6. The highest BCUT2D eigenvalue weighted by molar-refractivity contribution is 5.85. The van der Waals surface area contributed by atoms with Crippen LogP contribution in [-0.2, 0) is 14.3 Å². The maximum atomic E-state index is 12.4. The Morgan fingerprint density at radius 2 is 1.76 bits per heavy atom. The van der Waals surface area contributed by atoms with Crippen LogP contribution < -0.4 is 0 Å². The van der Waals surface area contributed by atoms with Gasteiger partial charge in [0.15, 0.2) is 0 Å². The highest BCUT2D eigenvalue weighted by atomic mass is 16.5. The molecule has 122 valence electrons. The lowest BCUT2D eigenvalue weighted by Crippen LogP contribution is -2.42. The quantitative estimate of drug-likeness (QED) is 0.659. The second kappa shape index (κ2) is 9.00. The van der Waals surface area contributed by atoms with Gasteiger partial charge in [-0.25, -0.2) is 0 Å². The number of carbonyl (C=O) groups is 2. The number of aliphatic hydroxyl groups excluding tert-OH is 1. The van der Waals surface area contributed by atoms with Crippen LogP contribution in [0.1, 0.15) is 44.9 Å². The van der Waals surface area contributed by atoms with Crippen LogP contribution >= 0.6 is 0 Å². The number of carboxylic acid groups (broad SMARTS) is 1. The first-order chi connectivity index (χ1) is 10.1. The van der Waals surface area contributed by atoms with Crippen molar-refractivity contribution >= 4 is 11.9 Å². The molecule has 6 nitrogen and oxygen atoms in total. The van der Waals surface area contributed by atoms with Crippen molar-refractivity contribution in [3.05, 3.63) is 0 Å². The van der Waals surface area contributed by atoms with Crippen molar-refractivity contribution in [2.75, 3.05) is 33.4 Å². The van der Waals surface area contributed by atoms with Crippen molar-refractivity contribution in [2.45, 2.75) is 44.9 Å². The smallest absolute Gasteiger partial charge is 0.310 e. The van der Waals surface area contributed by atoms with Gasteiger partial charge in [0.25, 0.3) is 0 Å². The van der Waals surface area contributed by atoms with Crippen molar-refractivity contribution in [3.63, 3.8) is 0 Å². The SMILES string of the molecule is COCCN(CCO)C(=O)CC1(C(=O)O)CCCCCC1. The predicted octanol–water partition coefficient (Wildman–Crippen LogP) is 1.27. The molecule has 0 aromatic rings. The van der Waals surface area contributed by atoms with Gasteiger partial charge in [0, 0.05) is 26.6 Å². The molecule has 1 fully saturated rings. The van der Waals surface area contributed by atoms with Crippen molar-refractivity contribution in [2.24, 2.45) is 5.41 Å². The summed E-state index contributed by atoms with van der Waals surface area (Å²) in [6.45, 7) is 0.852. The molecule has 1 saturated carbocycles. The summed E-state index contributed by atoms with van der Waals surface area (Å²) in [6, 6.07) is 0.